The molecule has 1 atom stereocenters. The summed E-state index contributed by atoms with van der Waals surface area (Å²) in [5, 5.41) is 0. The van der Waals surface area contributed by atoms with Crippen molar-refractivity contribution in [3.8, 4) is 44.6 Å². The lowest BCUT2D eigenvalue weighted by molar-refractivity contribution is 0.103. The van der Waals surface area contributed by atoms with Crippen molar-refractivity contribution >= 4 is 5.78 Å². The molecule has 0 saturated heterocycles. The highest BCUT2D eigenvalue weighted by molar-refractivity contribution is 6.13. The summed E-state index contributed by atoms with van der Waals surface area (Å²) >= 11 is 0. The predicted molar refractivity (Wildman–Crippen MR) is 266 cm³/mol. The average Bonchev–Trinajstić information content (AvgIpc) is 4.11. The van der Waals surface area contributed by atoms with Gasteiger partial charge in [0.1, 0.15) is 0 Å². The molecule has 4 nitrogen and oxygen atoms in total. The number of rotatable bonds is 9. The molecular weight excluding hydrogens is 803 g/mol. The SMILES string of the molecule is CC(C)c1ccnc([C@]2(c3cccc(C4(c5cccc(C(=O)c6ccccc6-c6ccccc6)c5)c5ccccc5-c5ccccc54)c3)c3ccccc3-c3c(-c4cnc[nH]4)cccc32)c1. The number of hydrogen-bond donors (Lipinski definition) is 1. The minimum absolute atomic E-state index is 0.0120. The quantitative estimate of drug-likeness (QED) is 0.147. The monoisotopic (exact) mass is 847 g/mol. The minimum Gasteiger partial charge on any atom is -0.345 e. The molecule has 2 aliphatic carbocycles. The molecule has 314 valence electrons. The lowest BCUT2D eigenvalue weighted by atomic mass is 9.64. The number of ketones is 1. The van der Waals surface area contributed by atoms with Gasteiger partial charge in [-0.2, -0.15) is 0 Å². The second-order valence-electron chi connectivity index (χ2n) is 17.9. The van der Waals surface area contributed by atoms with E-state index < -0.39 is 10.8 Å². The van der Waals surface area contributed by atoms with Crippen LogP contribution in [0, 0.1) is 0 Å². The van der Waals surface area contributed by atoms with Gasteiger partial charge in [-0.15, -0.1) is 0 Å². The molecule has 2 heterocycles. The number of aromatic amines is 1. The van der Waals surface area contributed by atoms with Crippen LogP contribution in [0.15, 0.2) is 225 Å². The Morgan fingerprint density at radius 2 is 1.06 bits per heavy atom. The van der Waals surface area contributed by atoms with Crippen LogP contribution in [0.5, 0.6) is 0 Å². The normalized spacial score (nSPS) is 15.2. The molecule has 0 unspecified atom stereocenters. The van der Waals surface area contributed by atoms with Gasteiger partial charge in [-0.25, -0.2) is 4.98 Å². The summed E-state index contributed by atoms with van der Waals surface area (Å²) in [6.45, 7) is 4.49. The molecule has 0 saturated carbocycles. The number of aromatic nitrogens is 3. The molecule has 2 aromatic heterocycles. The highest BCUT2D eigenvalue weighted by Crippen LogP contribution is 2.60. The van der Waals surface area contributed by atoms with Gasteiger partial charge in [0.2, 0.25) is 0 Å². The zero-order valence-electron chi connectivity index (χ0n) is 36.7. The van der Waals surface area contributed by atoms with Crippen molar-refractivity contribution in [1.82, 2.24) is 15.0 Å². The zero-order valence-corrected chi connectivity index (χ0v) is 36.7. The summed E-state index contributed by atoms with van der Waals surface area (Å²) in [7, 11) is 0. The molecule has 2 aliphatic rings. The van der Waals surface area contributed by atoms with Gasteiger partial charge in [0.15, 0.2) is 5.78 Å². The molecule has 0 amide bonds. The Balaban J connectivity index is 1.14. The molecule has 12 rings (SSSR count). The fourth-order valence-corrected chi connectivity index (χ4v) is 11.3. The number of pyridine rings is 1. The van der Waals surface area contributed by atoms with Crippen LogP contribution >= 0.6 is 0 Å². The third-order valence-corrected chi connectivity index (χ3v) is 14.2. The van der Waals surface area contributed by atoms with E-state index in [1.165, 1.54) is 50.1 Å². The van der Waals surface area contributed by atoms with Crippen molar-refractivity contribution in [3.05, 3.63) is 286 Å². The van der Waals surface area contributed by atoms with Crippen LogP contribution in [-0.2, 0) is 10.8 Å². The number of hydrogen-bond acceptors (Lipinski definition) is 3. The average molecular weight is 848 g/mol. The topological polar surface area (TPSA) is 58.6 Å². The van der Waals surface area contributed by atoms with Crippen LogP contribution in [0.3, 0.4) is 0 Å². The first-order valence-corrected chi connectivity index (χ1v) is 22.8. The van der Waals surface area contributed by atoms with Crippen molar-refractivity contribution in [2.45, 2.75) is 30.6 Å². The summed E-state index contributed by atoms with van der Waals surface area (Å²) in [5.74, 6) is 0.286. The van der Waals surface area contributed by atoms with Crippen LogP contribution in [-0.4, -0.2) is 20.7 Å². The molecule has 8 aromatic carbocycles. The third kappa shape index (κ3) is 5.74. The third-order valence-electron chi connectivity index (χ3n) is 14.2. The van der Waals surface area contributed by atoms with Crippen molar-refractivity contribution in [2.75, 3.05) is 0 Å². The molecule has 66 heavy (non-hydrogen) atoms. The van der Waals surface area contributed by atoms with Crippen LogP contribution in [0.25, 0.3) is 44.6 Å². The Morgan fingerprint density at radius 3 is 1.76 bits per heavy atom. The van der Waals surface area contributed by atoms with E-state index in [-0.39, 0.29) is 5.78 Å². The van der Waals surface area contributed by atoms with E-state index in [0.717, 1.165) is 44.8 Å². The Morgan fingerprint density at radius 1 is 0.500 bits per heavy atom. The number of carbonyl (C=O) groups is 1. The van der Waals surface area contributed by atoms with Gasteiger partial charge < -0.3 is 4.98 Å². The molecule has 0 bridgehead atoms. The maximum absolute atomic E-state index is 15.0. The number of imidazole rings is 1. The number of fused-ring (bicyclic) bond motifs is 6. The van der Waals surface area contributed by atoms with Crippen molar-refractivity contribution < 1.29 is 4.79 Å². The van der Waals surface area contributed by atoms with Gasteiger partial charge in [-0.05, 0) is 102 Å². The van der Waals surface area contributed by atoms with Gasteiger partial charge in [0.25, 0.3) is 0 Å². The summed E-state index contributed by atoms with van der Waals surface area (Å²) in [6.07, 6.45) is 5.65. The van der Waals surface area contributed by atoms with Crippen molar-refractivity contribution in [3.63, 3.8) is 0 Å². The number of nitrogens with one attached hydrogen (secondary N) is 1. The number of nitrogens with zero attached hydrogens (tertiary/aromatic N) is 2. The molecular formula is C62H45N3O. The molecule has 10 aromatic rings. The Hall–Kier alpha value is -8.21. The van der Waals surface area contributed by atoms with Gasteiger partial charge in [0.05, 0.1) is 34.7 Å². The summed E-state index contributed by atoms with van der Waals surface area (Å²) in [4.78, 5) is 28.2. The molecule has 1 N–H and O–H groups in total. The van der Waals surface area contributed by atoms with Crippen LogP contribution < -0.4 is 0 Å². The van der Waals surface area contributed by atoms with Crippen molar-refractivity contribution in [1.29, 1.82) is 0 Å². The standard InChI is InChI=1S/C62H45N3O/c1-40(2)42-33-34-64-58(36-42)62(55-31-13-10-27-51(55)59-52(28-16-32-56(59)62)57-38-63-39-65-57)46-22-15-21-45(37-46)61(53-29-11-8-24-48(53)49-25-9-12-30-54(49)61)44-20-14-19-43(35-44)60(66)50-26-7-6-23-47(50)41-17-4-3-5-18-41/h3-40H,1-2H3,(H,63,65)/t62-/m1/s1. The first-order valence-electron chi connectivity index (χ1n) is 22.8. The Kier molecular flexibility index (Phi) is 9.25. The second kappa shape index (κ2) is 15.5. The highest BCUT2D eigenvalue weighted by Gasteiger charge is 2.51. The Bertz CT molecular complexity index is 3450. The zero-order chi connectivity index (χ0) is 44.4. The number of H-pyrrole nitrogens is 1. The fraction of sp³-hybridized carbons (Fsp3) is 0.0806. The maximum Gasteiger partial charge on any atom is 0.193 e. The van der Waals surface area contributed by atoms with E-state index in [1.807, 2.05) is 60.9 Å². The lowest BCUT2D eigenvalue weighted by Crippen LogP contribution is -2.32. The van der Waals surface area contributed by atoms with E-state index in [0.29, 0.717) is 17.0 Å². The van der Waals surface area contributed by atoms with Crippen molar-refractivity contribution in [2.24, 2.45) is 0 Å². The molecule has 4 heteroatoms. The predicted octanol–water partition coefficient (Wildman–Crippen LogP) is 14.2. The summed E-state index contributed by atoms with van der Waals surface area (Å²) < 4.78 is 0. The first-order chi connectivity index (χ1) is 32.5. The number of benzene rings is 8. The molecule has 0 fully saturated rings. The first kappa shape index (κ1) is 39.4. The van der Waals surface area contributed by atoms with Crippen LogP contribution in [0.1, 0.15) is 85.9 Å². The largest absolute Gasteiger partial charge is 0.345 e. The van der Waals surface area contributed by atoms with Gasteiger partial charge in [-0.3, -0.25) is 9.78 Å². The van der Waals surface area contributed by atoms with E-state index >= 15 is 0 Å². The Labute approximate surface area is 385 Å². The molecule has 0 spiro atoms. The minimum atomic E-state index is -0.791. The lowest BCUT2D eigenvalue weighted by Gasteiger charge is -2.37. The molecule has 0 radical (unpaired) electrons. The van der Waals surface area contributed by atoms with Gasteiger partial charge in [-0.1, -0.05) is 202 Å². The fourth-order valence-electron chi connectivity index (χ4n) is 11.3. The highest BCUT2D eigenvalue weighted by atomic mass is 16.1. The van der Waals surface area contributed by atoms with E-state index in [4.69, 9.17) is 4.98 Å². The van der Waals surface area contributed by atoms with Gasteiger partial charge in [0, 0.05) is 22.9 Å². The smallest absolute Gasteiger partial charge is 0.193 e. The maximum atomic E-state index is 15.0. The van der Waals surface area contributed by atoms with E-state index in [1.54, 1.807) is 6.33 Å². The van der Waals surface area contributed by atoms with Crippen LogP contribution in [0.2, 0.25) is 0 Å². The molecule has 0 aliphatic heterocycles. The van der Waals surface area contributed by atoms with Gasteiger partial charge >= 0.3 is 0 Å². The second-order valence-corrected chi connectivity index (χ2v) is 17.9. The van der Waals surface area contributed by atoms with Crippen LogP contribution in [0.4, 0.5) is 0 Å². The summed E-state index contributed by atoms with van der Waals surface area (Å²) in [6, 6.07) is 73.4. The van der Waals surface area contributed by atoms with E-state index in [9.17, 15) is 4.79 Å². The van der Waals surface area contributed by atoms with E-state index in [2.05, 4.69) is 182 Å². The number of carbonyl (C=O) groups excluding carboxylic acids is 1. The summed E-state index contributed by atoms with van der Waals surface area (Å²) in [5.41, 5.74) is 18.6.